The second-order valence-corrected chi connectivity index (χ2v) is 12.3. The maximum atomic E-state index is 13.4. The fourth-order valence-corrected chi connectivity index (χ4v) is 7.30. The van der Waals surface area contributed by atoms with Crippen LogP contribution in [0.15, 0.2) is 33.0 Å². The Balaban J connectivity index is 1.48. The molecule has 1 fully saturated rings. The largest absolute Gasteiger partial charge is 0.351 e. The first kappa shape index (κ1) is 23.1. The third-order valence-electron chi connectivity index (χ3n) is 5.42. The normalized spacial score (nSPS) is 17.7. The predicted molar refractivity (Wildman–Crippen MR) is 124 cm³/mol. The molecule has 11 heteroatoms. The number of carbonyl (C=O) groups excluding carboxylic acids is 1. The van der Waals surface area contributed by atoms with E-state index in [9.17, 15) is 13.2 Å². The molecule has 0 radical (unpaired) electrons. The number of aromatic nitrogens is 2. The summed E-state index contributed by atoms with van der Waals surface area (Å²) in [5, 5.41) is 8.90. The maximum Gasteiger partial charge on any atom is 0.244 e. The lowest BCUT2D eigenvalue weighted by atomic mass is 9.99. The molecule has 1 atom stereocenters. The third kappa shape index (κ3) is 4.80. The van der Waals surface area contributed by atoms with Gasteiger partial charge in [-0.25, -0.2) is 8.42 Å². The molecule has 0 bridgehead atoms. The van der Waals surface area contributed by atoms with E-state index < -0.39 is 10.0 Å². The Morgan fingerprint density at radius 1 is 1.41 bits per heavy atom. The molecule has 4 rings (SSSR count). The highest BCUT2D eigenvalue weighted by molar-refractivity contribution is 7.89. The van der Waals surface area contributed by atoms with Gasteiger partial charge in [0.05, 0.1) is 22.2 Å². The number of carbonyl (C=O) groups is 1. The molecular formula is C21H26N4O4S3. The van der Waals surface area contributed by atoms with Crippen molar-refractivity contribution in [3.63, 3.8) is 0 Å². The Labute approximate surface area is 195 Å². The summed E-state index contributed by atoms with van der Waals surface area (Å²) in [4.78, 5) is 19.7. The van der Waals surface area contributed by atoms with E-state index in [0.717, 1.165) is 4.88 Å². The minimum Gasteiger partial charge on any atom is -0.351 e. The summed E-state index contributed by atoms with van der Waals surface area (Å²) in [6, 6.07) is 5.52. The van der Waals surface area contributed by atoms with Crippen molar-refractivity contribution in [3.8, 4) is 10.7 Å². The number of sulfonamides is 1. The van der Waals surface area contributed by atoms with Crippen molar-refractivity contribution in [1.29, 1.82) is 0 Å². The first-order valence-electron chi connectivity index (χ1n) is 10.5. The molecule has 1 amide bonds. The minimum atomic E-state index is -3.73. The van der Waals surface area contributed by atoms with Gasteiger partial charge in [-0.1, -0.05) is 25.1 Å². The van der Waals surface area contributed by atoms with Gasteiger partial charge in [0.25, 0.3) is 0 Å². The zero-order chi connectivity index (χ0) is 22.9. The fraction of sp³-hybridized carbons (Fsp3) is 0.476. The van der Waals surface area contributed by atoms with Gasteiger partial charge in [-0.15, -0.1) is 22.7 Å². The van der Waals surface area contributed by atoms with E-state index in [0.29, 0.717) is 47.4 Å². The summed E-state index contributed by atoms with van der Waals surface area (Å²) in [6.07, 6.45) is 1.33. The van der Waals surface area contributed by atoms with Crippen molar-refractivity contribution in [2.45, 2.75) is 51.0 Å². The summed E-state index contributed by atoms with van der Waals surface area (Å²) in [6.45, 7) is 6.74. The van der Waals surface area contributed by atoms with E-state index >= 15 is 0 Å². The molecule has 0 saturated carbocycles. The summed E-state index contributed by atoms with van der Waals surface area (Å²) in [5.74, 6) is 0.545. The smallest absolute Gasteiger partial charge is 0.244 e. The van der Waals surface area contributed by atoms with Gasteiger partial charge in [-0.2, -0.15) is 9.29 Å². The Morgan fingerprint density at radius 3 is 2.91 bits per heavy atom. The Bertz CT molecular complexity index is 1180. The fourth-order valence-electron chi connectivity index (χ4n) is 3.65. The third-order valence-corrected chi connectivity index (χ3v) is 9.46. The van der Waals surface area contributed by atoms with E-state index in [4.69, 9.17) is 4.52 Å². The lowest BCUT2D eigenvalue weighted by molar-refractivity contribution is -0.126. The van der Waals surface area contributed by atoms with Crippen LogP contribution in [-0.4, -0.2) is 41.9 Å². The van der Waals surface area contributed by atoms with Gasteiger partial charge in [-0.05, 0) is 37.3 Å². The van der Waals surface area contributed by atoms with Crippen LogP contribution in [0.2, 0.25) is 0 Å². The molecule has 1 aliphatic rings. The second kappa shape index (κ2) is 9.42. The maximum absolute atomic E-state index is 13.4. The number of hydrogen-bond acceptors (Lipinski definition) is 8. The van der Waals surface area contributed by atoms with Crippen molar-refractivity contribution in [2.75, 3.05) is 13.1 Å². The molecular weight excluding hydrogens is 468 g/mol. The SMILES string of the molecule is Cc1sc(-c2noc(C(C)C)n2)cc1S(=O)(=O)N1CCCC(C(=O)NCc2cccs2)C1. The van der Waals surface area contributed by atoms with Crippen LogP contribution >= 0.6 is 22.7 Å². The highest BCUT2D eigenvalue weighted by Crippen LogP contribution is 2.35. The molecule has 1 unspecified atom stereocenters. The van der Waals surface area contributed by atoms with Crippen molar-refractivity contribution < 1.29 is 17.7 Å². The summed E-state index contributed by atoms with van der Waals surface area (Å²) < 4.78 is 33.5. The number of hydrogen-bond donors (Lipinski definition) is 1. The number of thiophene rings is 2. The van der Waals surface area contributed by atoms with E-state index in [-0.39, 0.29) is 29.2 Å². The van der Waals surface area contributed by atoms with E-state index in [1.165, 1.54) is 15.6 Å². The number of nitrogens with zero attached hydrogens (tertiary/aromatic N) is 3. The van der Waals surface area contributed by atoms with E-state index in [1.807, 2.05) is 31.4 Å². The van der Waals surface area contributed by atoms with Gasteiger partial charge < -0.3 is 9.84 Å². The van der Waals surface area contributed by atoms with Gasteiger partial charge in [0, 0.05) is 28.8 Å². The number of amides is 1. The number of aryl methyl sites for hydroxylation is 1. The van der Waals surface area contributed by atoms with Gasteiger partial charge in [0.15, 0.2) is 0 Å². The van der Waals surface area contributed by atoms with Crippen LogP contribution in [0.5, 0.6) is 0 Å². The van der Waals surface area contributed by atoms with Crippen LogP contribution in [-0.2, 0) is 21.4 Å². The summed E-state index contributed by atoms with van der Waals surface area (Å²) >= 11 is 2.91. The number of piperidine rings is 1. The molecule has 3 aromatic rings. The number of nitrogens with one attached hydrogen (secondary N) is 1. The van der Waals surface area contributed by atoms with Crippen LogP contribution in [0.4, 0.5) is 0 Å². The highest BCUT2D eigenvalue weighted by Gasteiger charge is 2.35. The lowest BCUT2D eigenvalue weighted by Crippen LogP contribution is -2.45. The molecule has 32 heavy (non-hydrogen) atoms. The minimum absolute atomic E-state index is 0.0942. The van der Waals surface area contributed by atoms with Gasteiger partial charge in [-0.3, -0.25) is 4.79 Å². The van der Waals surface area contributed by atoms with Crippen molar-refractivity contribution in [1.82, 2.24) is 19.8 Å². The van der Waals surface area contributed by atoms with Gasteiger partial charge in [0.1, 0.15) is 0 Å². The Morgan fingerprint density at radius 2 is 2.22 bits per heavy atom. The molecule has 0 aromatic carbocycles. The molecule has 1 aliphatic heterocycles. The standard InChI is InChI=1S/C21H26N4O4S3/c1-13(2)21-23-19(24-29-21)17-10-18(14(3)31-17)32(27,28)25-8-4-6-15(12-25)20(26)22-11-16-7-5-9-30-16/h5,7,9-10,13,15H,4,6,8,11-12H2,1-3H3,(H,22,26). The number of rotatable bonds is 7. The first-order chi connectivity index (χ1) is 15.3. The molecule has 0 aliphatic carbocycles. The molecule has 1 saturated heterocycles. The van der Waals surface area contributed by atoms with Crippen LogP contribution in [0.25, 0.3) is 10.7 Å². The first-order valence-corrected chi connectivity index (χ1v) is 13.6. The average Bonchev–Trinajstić information content (AvgIpc) is 3.52. The molecule has 0 spiro atoms. The molecule has 1 N–H and O–H groups in total. The monoisotopic (exact) mass is 494 g/mol. The second-order valence-electron chi connectivity index (χ2n) is 8.14. The molecule has 172 valence electrons. The molecule has 3 aromatic heterocycles. The van der Waals surface area contributed by atoms with Crippen LogP contribution < -0.4 is 5.32 Å². The highest BCUT2D eigenvalue weighted by atomic mass is 32.2. The van der Waals surface area contributed by atoms with Crippen molar-refractivity contribution in [3.05, 3.63) is 39.2 Å². The zero-order valence-corrected chi connectivity index (χ0v) is 20.6. The average molecular weight is 495 g/mol. The van der Waals surface area contributed by atoms with Crippen LogP contribution in [0.3, 0.4) is 0 Å². The van der Waals surface area contributed by atoms with Crippen molar-refractivity contribution >= 4 is 38.6 Å². The molecule has 8 nitrogen and oxygen atoms in total. The van der Waals surface area contributed by atoms with Gasteiger partial charge >= 0.3 is 0 Å². The van der Waals surface area contributed by atoms with Gasteiger partial charge in [0.2, 0.25) is 27.6 Å². The van der Waals surface area contributed by atoms with E-state index in [1.54, 1.807) is 24.3 Å². The lowest BCUT2D eigenvalue weighted by Gasteiger charge is -2.31. The predicted octanol–water partition coefficient (Wildman–Crippen LogP) is 4.01. The topological polar surface area (TPSA) is 105 Å². The Kier molecular flexibility index (Phi) is 6.80. The summed E-state index contributed by atoms with van der Waals surface area (Å²) in [5.41, 5.74) is 0. The summed E-state index contributed by atoms with van der Waals surface area (Å²) in [7, 11) is -3.73. The van der Waals surface area contributed by atoms with Crippen molar-refractivity contribution in [2.24, 2.45) is 5.92 Å². The quantitative estimate of drug-likeness (QED) is 0.532. The zero-order valence-electron chi connectivity index (χ0n) is 18.2. The van der Waals surface area contributed by atoms with Crippen LogP contribution in [0.1, 0.15) is 48.3 Å². The molecule has 4 heterocycles. The van der Waals surface area contributed by atoms with Crippen LogP contribution in [0, 0.1) is 12.8 Å². The van der Waals surface area contributed by atoms with E-state index in [2.05, 4.69) is 15.5 Å². The Hall–Kier alpha value is -2.08.